The number of nitrogens with one attached hydrogen (secondary N) is 1. The van der Waals surface area contributed by atoms with Crippen LogP contribution in [0.25, 0.3) is 22.6 Å². The molecule has 1 aromatic carbocycles. The number of pyridine rings is 2. The largest absolute Gasteiger partial charge is 0.487 e. The second-order valence-electron chi connectivity index (χ2n) is 6.71. The van der Waals surface area contributed by atoms with E-state index in [1.54, 1.807) is 18.5 Å². The minimum atomic E-state index is 0.414. The Bertz CT molecular complexity index is 1160. The number of aryl methyl sites for hydroxylation is 2. The molecule has 0 aliphatic carbocycles. The van der Waals surface area contributed by atoms with Gasteiger partial charge in [-0.15, -0.1) is 0 Å². The summed E-state index contributed by atoms with van der Waals surface area (Å²) in [6, 6.07) is 13.4. The monoisotopic (exact) mass is 424 g/mol. The van der Waals surface area contributed by atoms with Crippen molar-refractivity contribution < 1.29 is 4.74 Å². The number of hydrogen-bond donors (Lipinski definition) is 1. The lowest BCUT2D eigenvalue weighted by Gasteiger charge is -2.09. The molecule has 0 atom stereocenters. The third-order valence-electron chi connectivity index (χ3n) is 4.47. The van der Waals surface area contributed by atoms with Gasteiger partial charge in [0, 0.05) is 23.5 Å². The first kappa shape index (κ1) is 19.4. The van der Waals surface area contributed by atoms with E-state index < -0.39 is 0 Å². The Morgan fingerprint density at radius 1 is 1.00 bits per heavy atom. The van der Waals surface area contributed by atoms with Crippen molar-refractivity contribution in [1.29, 1.82) is 0 Å². The topological polar surface area (TPSA) is 63.7 Å². The average molecular weight is 425 g/mol. The number of H-pyrrole nitrogens is 1. The fraction of sp³-hybridized carbons (Fsp3) is 0.136. The van der Waals surface area contributed by atoms with Gasteiger partial charge in [-0.05, 0) is 67.4 Å². The number of imidazole rings is 1. The quantitative estimate of drug-likeness (QED) is 0.396. The molecule has 4 rings (SSSR count). The molecule has 7 heteroatoms. The third kappa shape index (κ3) is 4.42. The maximum atomic E-state index is 6.42. The van der Waals surface area contributed by atoms with Crippen LogP contribution in [-0.4, -0.2) is 19.9 Å². The van der Waals surface area contributed by atoms with Crippen molar-refractivity contribution in [3.05, 3.63) is 82.0 Å². The number of halogens is 2. The van der Waals surface area contributed by atoms with Gasteiger partial charge in [-0.25, -0.2) is 9.97 Å². The minimum Gasteiger partial charge on any atom is -0.487 e. The summed E-state index contributed by atoms with van der Waals surface area (Å²) in [5, 5.41) is 0.898. The fourth-order valence-corrected chi connectivity index (χ4v) is 3.36. The Kier molecular flexibility index (Phi) is 5.51. The van der Waals surface area contributed by atoms with Gasteiger partial charge in [-0.3, -0.25) is 4.98 Å². The highest BCUT2D eigenvalue weighted by molar-refractivity contribution is 6.32. The van der Waals surface area contributed by atoms with E-state index in [0.717, 1.165) is 33.7 Å². The molecule has 0 saturated heterocycles. The molecule has 1 N–H and O–H groups in total. The first-order valence-corrected chi connectivity index (χ1v) is 9.78. The second-order valence-corrected chi connectivity index (χ2v) is 7.47. The molecule has 3 aromatic heterocycles. The number of hydrogen-bond acceptors (Lipinski definition) is 4. The molecule has 4 aromatic rings. The van der Waals surface area contributed by atoms with Gasteiger partial charge < -0.3 is 9.72 Å². The van der Waals surface area contributed by atoms with Gasteiger partial charge in [0.2, 0.25) is 0 Å². The molecule has 0 saturated carbocycles. The lowest BCUT2D eigenvalue weighted by Crippen LogP contribution is -1.99. The van der Waals surface area contributed by atoms with Gasteiger partial charge in [-0.1, -0.05) is 23.2 Å². The Morgan fingerprint density at radius 3 is 2.59 bits per heavy atom. The summed E-state index contributed by atoms with van der Waals surface area (Å²) < 4.78 is 5.89. The first-order valence-electron chi connectivity index (χ1n) is 9.02. The molecular formula is C22H18Cl2N4O. The highest BCUT2D eigenvalue weighted by Gasteiger charge is 2.15. The third-order valence-corrected chi connectivity index (χ3v) is 4.97. The van der Waals surface area contributed by atoms with E-state index in [2.05, 4.69) is 19.9 Å². The Labute approximate surface area is 178 Å². The lowest BCUT2D eigenvalue weighted by molar-refractivity contribution is 0.301. The molecule has 0 radical (unpaired) electrons. The smallest absolute Gasteiger partial charge is 0.140 e. The molecule has 0 fully saturated rings. The zero-order valence-electron chi connectivity index (χ0n) is 15.9. The first-order chi connectivity index (χ1) is 14.0. The van der Waals surface area contributed by atoms with Crippen molar-refractivity contribution >= 4 is 23.2 Å². The van der Waals surface area contributed by atoms with Crippen molar-refractivity contribution in [2.24, 2.45) is 0 Å². The van der Waals surface area contributed by atoms with E-state index >= 15 is 0 Å². The molecular weight excluding hydrogens is 407 g/mol. The van der Waals surface area contributed by atoms with Crippen molar-refractivity contribution in [2.75, 3.05) is 0 Å². The lowest BCUT2D eigenvalue weighted by atomic mass is 10.1. The predicted octanol–water partition coefficient (Wildman–Crippen LogP) is 6.04. The van der Waals surface area contributed by atoms with E-state index in [9.17, 15) is 0 Å². The van der Waals surface area contributed by atoms with Crippen molar-refractivity contribution in [2.45, 2.75) is 20.5 Å². The Hall–Kier alpha value is -2.89. The minimum absolute atomic E-state index is 0.414. The van der Waals surface area contributed by atoms with E-state index in [0.29, 0.717) is 28.4 Å². The van der Waals surface area contributed by atoms with Gasteiger partial charge in [0.25, 0.3) is 0 Å². The van der Waals surface area contributed by atoms with Crippen LogP contribution in [0.4, 0.5) is 0 Å². The number of rotatable bonds is 5. The maximum absolute atomic E-state index is 6.42. The van der Waals surface area contributed by atoms with Gasteiger partial charge in [0.1, 0.15) is 34.2 Å². The van der Waals surface area contributed by atoms with E-state index in [-0.39, 0.29) is 0 Å². The summed E-state index contributed by atoms with van der Waals surface area (Å²) in [4.78, 5) is 16.2. The van der Waals surface area contributed by atoms with Gasteiger partial charge in [-0.2, -0.15) is 0 Å². The molecule has 0 aliphatic heterocycles. The molecule has 0 amide bonds. The highest BCUT2D eigenvalue weighted by atomic mass is 35.5. The predicted molar refractivity (Wildman–Crippen MR) is 115 cm³/mol. The number of aromatic amines is 1. The summed E-state index contributed by atoms with van der Waals surface area (Å²) in [5.41, 5.74) is 5.48. The summed E-state index contributed by atoms with van der Waals surface area (Å²) in [5.74, 6) is 1.41. The molecule has 3 heterocycles. The van der Waals surface area contributed by atoms with Crippen molar-refractivity contribution in [3.8, 4) is 28.4 Å². The van der Waals surface area contributed by atoms with E-state index in [1.807, 2.05) is 50.2 Å². The number of aromatic nitrogens is 4. The molecule has 0 spiro atoms. The number of nitrogens with zero attached hydrogens (tertiary/aromatic N) is 3. The van der Waals surface area contributed by atoms with Crippen molar-refractivity contribution in [1.82, 2.24) is 19.9 Å². The Morgan fingerprint density at radius 2 is 1.86 bits per heavy atom. The van der Waals surface area contributed by atoms with Crippen LogP contribution in [-0.2, 0) is 6.61 Å². The normalized spacial score (nSPS) is 10.9. The molecule has 5 nitrogen and oxygen atoms in total. The fourth-order valence-electron chi connectivity index (χ4n) is 3.01. The summed E-state index contributed by atoms with van der Waals surface area (Å²) in [6.07, 6.45) is 3.44. The number of benzene rings is 1. The van der Waals surface area contributed by atoms with Crippen LogP contribution in [0.3, 0.4) is 0 Å². The van der Waals surface area contributed by atoms with Crippen LogP contribution in [0.1, 0.15) is 16.8 Å². The van der Waals surface area contributed by atoms with Gasteiger partial charge >= 0.3 is 0 Å². The van der Waals surface area contributed by atoms with Crippen LogP contribution in [0.2, 0.25) is 10.3 Å². The zero-order valence-corrected chi connectivity index (χ0v) is 17.4. The highest BCUT2D eigenvalue weighted by Crippen LogP contribution is 2.33. The summed E-state index contributed by atoms with van der Waals surface area (Å²) in [7, 11) is 0. The van der Waals surface area contributed by atoms with E-state index in [1.165, 1.54) is 0 Å². The Balaban J connectivity index is 1.55. The van der Waals surface area contributed by atoms with E-state index in [4.69, 9.17) is 27.9 Å². The molecule has 0 unspecified atom stereocenters. The molecule has 29 heavy (non-hydrogen) atoms. The zero-order chi connectivity index (χ0) is 20.4. The second kappa shape index (κ2) is 8.23. The van der Waals surface area contributed by atoms with Crippen LogP contribution < -0.4 is 4.74 Å². The standard InChI is InChI=1S/C22H18Cl2N4O/c1-13-7-8-25-16(9-13)12-29-17-4-5-18(14(2)10-17)20-21(24)28-22(27-20)15-3-6-19(23)26-11-15/h3-11H,12H2,1-2H3,(H,27,28). The summed E-state index contributed by atoms with van der Waals surface area (Å²) in [6.45, 7) is 4.45. The molecule has 0 bridgehead atoms. The average Bonchev–Trinajstić information content (AvgIpc) is 3.08. The van der Waals surface area contributed by atoms with Gasteiger partial charge in [0.05, 0.1) is 5.69 Å². The van der Waals surface area contributed by atoms with Crippen LogP contribution in [0.15, 0.2) is 54.9 Å². The van der Waals surface area contributed by atoms with Crippen LogP contribution in [0.5, 0.6) is 5.75 Å². The molecule has 0 aliphatic rings. The van der Waals surface area contributed by atoms with Gasteiger partial charge in [0.15, 0.2) is 0 Å². The maximum Gasteiger partial charge on any atom is 0.140 e. The van der Waals surface area contributed by atoms with Crippen LogP contribution >= 0.6 is 23.2 Å². The van der Waals surface area contributed by atoms with Crippen LogP contribution in [0, 0.1) is 13.8 Å². The molecule has 146 valence electrons. The SMILES string of the molecule is Cc1ccnc(COc2ccc(-c3nc(-c4ccc(Cl)nc4)[nH]c3Cl)c(C)c2)c1. The van der Waals surface area contributed by atoms with Crippen molar-refractivity contribution in [3.63, 3.8) is 0 Å². The summed E-state index contributed by atoms with van der Waals surface area (Å²) >= 11 is 12.3. The number of ether oxygens (including phenoxy) is 1.